The van der Waals surface area contributed by atoms with E-state index in [-0.39, 0.29) is 0 Å². The van der Waals surface area contributed by atoms with E-state index in [2.05, 4.69) is 15.9 Å². The smallest absolute Gasteiger partial charge is 0.320 e. The zero-order valence-corrected chi connectivity index (χ0v) is 10.9. The molecule has 4 nitrogen and oxygen atoms in total. The van der Waals surface area contributed by atoms with Crippen molar-refractivity contribution in [2.45, 2.75) is 25.3 Å². The highest BCUT2D eigenvalue weighted by atomic mass is 79.9. The minimum Gasteiger partial charge on any atom is -0.492 e. The third kappa shape index (κ3) is 2.61. The number of carbonyl (C=O) groups is 1. The molecule has 17 heavy (non-hydrogen) atoms. The summed E-state index contributed by atoms with van der Waals surface area (Å²) in [6, 6.07) is 2.94. The number of ether oxygens (including phenoxy) is 1. The van der Waals surface area contributed by atoms with Gasteiger partial charge in [-0.2, -0.15) is 0 Å². The summed E-state index contributed by atoms with van der Waals surface area (Å²) < 4.78 is 6.52. The SMILES string of the molecule is N[C@@H](Cc1ccc(Br)c2c1CCCO2)C(=O)O. The Balaban J connectivity index is 2.32. The fourth-order valence-electron chi connectivity index (χ4n) is 2.01. The van der Waals surface area contributed by atoms with Crippen LogP contribution in [0, 0.1) is 0 Å². The molecule has 92 valence electrons. The van der Waals surface area contributed by atoms with E-state index in [1.165, 1.54) is 0 Å². The number of hydrogen-bond donors (Lipinski definition) is 2. The molecule has 1 aliphatic rings. The molecule has 0 amide bonds. The van der Waals surface area contributed by atoms with Gasteiger partial charge >= 0.3 is 5.97 Å². The molecule has 1 aliphatic heterocycles. The van der Waals surface area contributed by atoms with E-state index in [1.807, 2.05) is 12.1 Å². The lowest BCUT2D eigenvalue weighted by molar-refractivity contribution is -0.138. The van der Waals surface area contributed by atoms with Crippen molar-refractivity contribution in [1.29, 1.82) is 0 Å². The second kappa shape index (κ2) is 5.06. The zero-order chi connectivity index (χ0) is 12.4. The van der Waals surface area contributed by atoms with Gasteiger partial charge in [-0.15, -0.1) is 0 Å². The van der Waals surface area contributed by atoms with E-state index in [9.17, 15) is 4.79 Å². The van der Waals surface area contributed by atoms with Gasteiger partial charge in [-0.3, -0.25) is 4.79 Å². The van der Waals surface area contributed by atoms with Crippen molar-refractivity contribution in [2.24, 2.45) is 5.73 Å². The molecule has 0 aromatic heterocycles. The molecule has 2 rings (SSSR count). The Hall–Kier alpha value is -1.07. The van der Waals surface area contributed by atoms with Gasteiger partial charge in [-0.1, -0.05) is 6.07 Å². The summed E-state index contributed by atoms with van der Waals surface area (Å²) in [4.78, 5) is 10.8. The van der Waals surface area contributed by atoms with Crippen molar-refractivity contribution < 1.29 is 14.6 Å². The highest BCUT2D eigenvalue weighted by Crippen LogP contribution is 2.35. The molecule has 1 atom stereocenters. The second-order valence-electron chi connectivity index (χ2n) is 4.12. The Morgan fingerprint density at radius 1 is 1.59 bits per heavy atom. The lowest BCUT2D eigenvalue weighted by Gasteiger charge is -2.22. The van der Waals surface area contributed by atoms with E-state index >= 15 is 0 Å². The molecule has 0 saturated carbocycles. The normalized spacial score (nSPS) is 15.9. The van der Waals surface area contributed by atoms with Crippen molar-refractivity contribution in [3.63, 3.8) is 0 Å². The number of fused-ring (bicyclic) bond motifs is 1. The van der Waals surface area contributed by atoms with Crippen LogP contribution < -0.4 is 10.5 Å². The quantitative estimate of drug-likeness (QED) is 0.891. The number of carboxylic acids is 1. The Morgan fingerprint density at radius 3 is 3.06 bits per heavy atom. The van der Waals surface area contributed by atoms with Gasteiger partial charge in [0.2, 0.25) is 0 Å². The van der Waals surface area contributed by atoms with Crippen LogP contribution in [0.15, 0.2) is 16.6 Å². The molecule has 0 unspecified atom stereocenters. The number of halogens is 1. The van der Waals surface area contributed by atoms with Crippen LogP contribution in [-0.2, 0) is 17.6 Å². The maximum Gasteiger partial charge on any atom is 0.320 e. The van der Waals surface area contributed by atoms with Gasteiger partial charge < -0.3 is 15.6 Å². The molecule has 0 fully saturated rings. The lowest BCUT2D eigenvalue weighted by atomic mass is 9.95. The first-order chi connectivity index (χ1) is 8.09. The average molecular weight is 300 g/mol. The molecule has 0 bridgehead atoms. The average Bonchev–Trinajstić information content (AvgIpc) is 2.33. The van der Waals surface area contributed by atoms with Gasteiger partial charge in [0, 0.05) is 0 Å². The van der Waals surface area contributed by atoms with Crippen LogP contribution >= 0.6 is 15.9 Å². The van der Waals surface area contributed by atoms with E-state index in [0.717, 1.165) is 34.2 Å². The number of aliphatic carboxylic acids is 1. The fraction of sp³-hybridized carbons (Fsp3) is 0.417. The standard InChI is InChI=1S/C12H14BrNO3/c13-9-4-3-7(6-10(14)12(15)16)8-2-1-5-17-11(8)9/h3-4,10H,1-2,5-6,14H2,(H,15,16)/t10-/m0/s1. The molecule has 0 spiro atoms. The molecule has 5 heteroatoms. The summed E-state index contributed by atoms with van der Waals surface area (Å²) in [5.41, 5.74) is 7.62. The predicted octanol–water partition coefficient (Wildman–Crippen LogP) is 1.73. The van der Waals surface area contributed by atoms with E-state index in [4.69, 9.17) is 15.6 Å². The van der Waals surface area contributed by atoms with E-state index in [1.54, 1.807) is 0 Å². The molecule has 1 heterocycles. The molecule has 3 N–H and O–H groups in total. The van der Waals surface area contributed by atoms with E-state index in [0.29, 0.717) is 13.0 Å². The lowest BCUT2D eigenvalue weighted by Crippen LogP contribution is -2.32. The Labute approximate surface area is 108 Å². The topological polar surface area (TPSA) is 72.5 Å². The number of hydrogen-bond acceptors (Lipinski definition) is 3. The monoisotopic (exact) mass is 299 g/mol. The van der Waals surface area contributed by atoms with Crippen LogP contribution in [-0.4, -0.2) is 23.7 Å². The third-order valence-electron chi connectivity index (χ3n) is 2.88. The van der Waals surface area contributed by atoms with Crippen molar-refractivity contribution in [2.75, 3.05) is 6.61 Å². The Bertz CT molecular complexity index is 448. The maximum atomic E-state index is 10.8. The summed E-state index contributed by atoms with van der Waals surface area (Å²) in [5, 5.41) is 8.84. The fourth-order valence-corrected chi connectivity index (χ4v) is 2.49. The molecule has 1 aromatic carbocycles. The Kier molecular flexibility index (Phi) is 3.69. The van der Waals surface area contributed by atoms with Crippen molar-refractivity contribution in [3.8, 4) is 5.75 Å². The highest BCUT2D eigenvalue weighted by molar-refractivity contribution is 9.10. The van der Waals surface area contributed by atoms with Crippen molar-refractivity contribution in [3.05, 3.63) is 27.7 Å². The summed E-state index contributed by atoms with van der Waals surface area (Å²) in [6.07, 6.45) is 2.21. The Morgan fingerprint density at radius 2 is 2.35 bits per heavy atom. The molecule has 0 saturated heterocycles. The third-order valence-corrected chi connectivity index (χ3v) is 3.51. The molecule has 0 radical (unpaired) electrons. The van der Waals surface area contributed by atoms with Gasteiger partial charge in [0.05, 0.1) is 11.1 Å². The van der Waals surface area contributed by atoms with Crippen molar-refractivity contribution in [1.82, 2.24) is 0 Å². The van der Waals surface area contributed by atoms with Crippen LogP contribution in [0.25, 0.3) is 0 Å². The van der Waals surface area contributed by atoms with Crippen molar-refractivity contribution >= 4 is 21.9 Å². The minimum absolute atomic E-state index is 0.342. The zero-order valence-electron chi connectivity index (χ0n) is 9.28. The summed E-state index contributed by atoms with van der Waals surface area (Å²) in [7, 11) is 0. The summed E-state index contributed by atoms with van der Waals surface area (Å²) >= 11 is 3.44. The predicted molar refractivity (Wildman–Crippen MR) is 67.3 cm³/mol. The van der Waals surface area contributed by atoms with Gasteiger partial charge in [-0.05, 0) is 52.4 Å². The van der Waals surface area contributed by atoms with E-state index < -0.39 is 12.0 Å². The van der Waals surface area contributed by atoms with Gasteiger partial charge in [0.25, 0.3) is 0 Å². The number of carboxylic acid groups (broad SMARTS) is 1. The first kappa shape index (κ1) is 12.4. The van der Waals surface area contributed by atoms with Crippen LogP contribution in [0.1, 0.15) is 17.5 Å². The number of nitrogens with two attached hydrogens (primary N) is 1. The van der Waals surface area contributed by atoms with Gasteiger partial charge in [0.15, 0.2) is 0 Å². The van der Waals surface area contributed by atoms with Crippen LogP contribution in [0.2, 0.25) is 0 Å². The van der Waals surface area contributed by atoms with Gasteiger partial charge in [-0.25, -0.2) is 0 Å². The largest absolute Gasteiger partial charge is 0.492 e. The molecular formula is C12H14BrNO3. The number of benzene rings is 1. The first-order valence-electron chi connectivity index (χ1n) is 5.51. The maximum absolute atomic E-state index is 10.8. The first-order valence-corrected chi connectivity index (χ1v) is 6.30. The minimum atomic E-state index is -0.974. The molecular weight excluding hydrogens is 286 g/mol. The second-order valence-corrected chi connectivity index (χ2v) is 4.97. The summed E-state index contributed by atoms with van der Waals surface area (Å²) in [5.74, 6) is -0.135. The van der Waals surface area contributed by atoms with Gasteiger partial charge in [0.1, 0.15) is 11.8 Å². The van der Waals surface area contributed by atoms with Crippen LogP contribution in [0.5, 0.6) is 5.75 Å². The highest BCUT2D eigenvalue weighted by Gasteiger charge is 2.20. The summed E-state index contributed by atoms with van der Waals surface area (Å²) in [6.45, 7) is 0.708. The number of rotatable bonds is 3. The van der Waals surface area contributed by atoms with Crippen LogP contribution in [0.4, 0.5) is 0 Å². The molecule has 0 aliphatic carbocycles. The molecule has 1 aromatic rings. The van der Waals surface area contributed by atoms with Crippen LogP contribution in [0.3, 0.4) is 0 Å².